The Morgan fingerprint density at radius 1 is 1.18 bits per heavy atom. The zero-order chi connectivity index (χ0) is 15.9. The molecule has 0 fully saturated rings. The minimum absolute atomic E-state index is 0.202. The lowest BCUT2D eigenvalue weighted by Crippen LogP contribution is -2.30. The molecular weight excluding hydrogens is 280 g/mol. The van der Waals surface area contributed by atoms with Gasteiger partial charge in [0.05, 0.1) is 5.52 Å². The molecule has 0 atom stereocenters. The van der Waals surface area contributed by atoms with Gasteiger partial charge in [-0.2, -0.15) is 0 Å². The van der Waals surface area contributed by atoms with E-state index in [2.05, 4.69) is 24.1 Å². The molecule has 0 aliphatic heterocycles. The molecule has 2 aromatic rings. The molecule has 0 radical (unpaired) electrons. The number of carbonyl (C=O) groups excluding carboxylic acids is 2. The number of rotatable bonds is 6. The van der Waals surface area contributed by atoms with Crippen LogP contribution in [-0.4, -0.2) is 30.0 Å². The third-order valence-electron chi connectivity index (χ3n) is 3.19. The summed E-state index contributed by atoms with van der Waals surface area (Å²) in [5.74, 6) is -0.371. The van der Waals surface area contributed by atoms with Gasteiger partial charge in [-0.3, -0.25) is 4.79 Å². The second-order valence-corrected chi connectivity index (χ2v) is 5.50. The van der Waals surface area contributed by atoms with E-state index in [9.17, 15) is 9.59 Å². The van der Waals surface area contributed by atoms with Crippen LogP contribution >= 0.6 is 0 Å². The average Bonchev–Trinajstić information content (AvgIpc) is 2.51. The van der Waals surface area contributed by atoms with Crippen LogP contribution in [0.2, 0.25) is 0 Å². The molecule has 0 bridgehead atoms. The predicted molar refractivity (Wildman–Crippen MR) is 84.5 cm³/mol. The number of aromatic nitrogens is 1. The topological polar surface area (TPSA) is 68.3 Å². The fraction of sp³-hybridized carbons (Fsp3) is 0.353. The van der Waals surface area contributed by atoms with Crippen LogP contribution < -0.4 is 5.32 Å². The normalized spacial score (nSPS) is 10.7. The zero-order valence-electron chi connectivity index (χ0n) is 12.8. The first-order valence-electron chi connectivity index (χ1n) is 7.36. The number of nitrogens with zero attached hydrogens (tertiary/aromatic N) is 1. The molecular formula is C17H20N2O3. The van der Waals surface area contributed by atoms with Gasteiger partial charge in [0.1, 0.15) is 5.69 Å². The van der Waals surface area contributed by atoms with E-state index in [-0.39, 0.29) is 18.2 Å². The molecule has 0 saturated heterocycles. The smallest absolute Gasteiger partial charge is 0.357 e. The summed E-state index contributed by atoms with van der Waals surface area (Å²) in [6.45, 7) is 4.46. The Labute approximate surface area is 129 Å². The van der Waals surface area contributed by atoms with E-state index in [1.807, 2.05) is 30.3 Å². The van der Waals surface area contributed by atoms with Gasteiger partial charge >= 0.3 is 5.97 Å². The first-order valence-corrected chi connectivity index (χ1v) is 7.36. The van der Waals surface area contributed by atoms with Crippen LogP contribution in [0.3, 0.4) is 0 Å². The first kappa shape index (κ1) is 15.9. The van der Waals surface area contributed by atoms with Gasteiger partial charge in [0.2, 0.25) is 0 Å². The van der Waals surface area contributed by atoms with E-state index >= 15 is 0 Å². The summed E-state index contributed by atoms with van der Waals surface area (Å²) in [5, 5.41) is 3.66. The first-order chi connectivity index (χ1) is 10.6. The van der Waals surface area contributed by atoms with E-state index in [0.29, 0.717) is 12.5 Å². The quantitative estimate of drug-likeness (QED) is 0.832. The lowest BCUT2D eigenvalue weighted by atomic mass is 10.1. The molecule has 116 valence electrons. The molecule has 2 rings (SSSR count). The Hall–Kier alpha value is -2.43. The molecule has 0 aliphatic rings. The second-order valence-electron chi connectivity index (χ2n) is 5.50. The molecule has 1 amide bonds. The number of pyridine rings is 1. The maximum absolute atomic E-state index is 11.9. The maximum Gasteiger partial charge on any atom is 0.357 e. The summed E-state index contributed by atoms with van der Waals surface area (Å²) >= 11 is 0. The molecule has 0 spiro atoms. The van der Waals surface area contributed by atoms with E-state index < -0.39 is 5.97 Å². The SMILES string of the molecule is CC(C)CCNC(=O)COC(=O)c1ccc2ccccc2n1. The van der Waals surface area contributed by atoms with E-state index in [1.54, 1.807) is 6.07 Å². The summed E-state index contributed by atoms with van der Waals surface area (Å²) in [4.78, 5) is 27.7. The number of hydrogen-bond donors (Lipinski definition) is 1. The van der Waals surface area contributed by atoms with Gasteiger partial charge in [0, 0.05) is 11.9 Å². The largest absolute Gasteiger partial charge is 0.451 e. The van der Waals surface area contributed by atoms with Crippen molar-refractivity contribution in [2.24, 2.45) is 5.92 Å². The fourth-order valence-corrected chi connectivity index (χ4v) is 1.94. The highest BCUT2D eigenvalue weighted by Gasteiger charge is 2.12. The van der Waals surface area contributed by atoms with Gasteiger partial charge in [-0.1, -0.05) is 38.1 Å². The number of para-hydroxylation sites is 1. The Kier molecular flexibility index (Phi) is 5.47. The van der Waals surface area contributed by atoms with Crippen LogP contribution in [-0.2, 0) is 9.53 Å². The third-order valence-corrected chi connectivity index (χ3v) is 3.19. The van der Waals surface area contributed by atoms with Crippen molar-refractivity contribution in [2.75, 3.05) is 13.2 Å². The summed E-state index contributed by atoms with van der Waals surface area (Å²) in [6.07, 6.45) is 0.895. The van der Waals surface area contributed by atoms with Gasteiger partial charge in [0.25, 0.3) is 5.91 Å². The van der Waals surface area contributed by atoms with Crippen molar-refractivity contribution in [1.82, 2.24) is 10.3 Å². The van der Waals surface area contributed by atoms with Crippen LogP contribution in [0.1, 0.15) is 30.8 Å². The molecule has 1 heterocycles. The molecule has 0 saturated carbocycles. The van der Waals surface area contributed by atoms with Crippen LogP contribution in [0, 0.1) is 5.92 Å². The van der Waals surface area contributed by atoms with E-state index in [0.717, 1.165) is 17.3 Å². The fourth-order valence-electron chi connectivity index (χ4n) is 1.94. The van der Waals surface area contributed by atoms with Crippen LogP contribution in [0.15, 0.2) is 36.4 Å². The summed E-state index contributed by atoms with van der Waals surface area (Å²) < 4.78 is 4.98. The van der Waals surface area contributed by atoms with Crippen molar-refractivity contribution in [3.63, 3.8) is 0 Å². The van der Waals surface area contributed by atoms with Gasteiger partial charge in [-0.15, -0.1) is 0 Å². The van der Waals surface area contributed by atoms with E-state index in [1.165, 1.54) is 0 Å². The van der Waals surface area contributed by atoms with Crippen molar-refractivity contribution in [1.29, 1.82) is 0 Å². The molecule has 0 unspecified atom stereocenters. The van der Waals surface area contributed by atoms with Gasteiger partial charge in [0.15, 0.2) is 6.61 Å². The number of nitrogens with one attached hydrogen (secondary N) is 1. The number of fused-ring (bicyclic) bond motifs is 1. The minimum Gasteiger partial charge on any atom is -0.451 e. The number of hydrogen-bond acceptors (Lipinski definition) is 4. The Bertz CT molecular complexity index is 668. The van der Waals surface area contributed by atoms with Crippen molar-refractivity contribution in [3.05, 3.63) is 42.1 Å². The van der Waals surface area contributed by atoms with Crippen LogP contribution in [0.5, 0.6) is 0 Å². The van der Waals surface area contributed by atoms with Crippen molar-refractivity contribution < 1.29 is 14.3 Å². The summed E-state index contributed by atoms with van der Waals surface area (Å²) in [7, 11) is 0. The van der Waals surface area contributed by atoms with Gasteiger partial charge in [-0.25, -0.2) is 9.78 Å². The standard InChI is InChI=1S/C17H20N2O3/c1-12(2)9-10-18-16(20)11-22-17(21)15-8-7-13-5-3-4-6-14(13)19-15/h3-8,12H,9-11H2,1-2H3,(H,18,20). The Morgan fingerprint density at radius 3 is 2.73 bits per heavy atom. The maximum atomic E-state index is 11.9. The molecule has 22 heavy (non-hydrogen) atoms. The average molecular weight is 300 g/mol. The number of benzene rings is 1. The second kappa shape index (κ2) is 7.54. The predicted octanol–water partition coefficient (Wildman–Crippen LogP) is 2.55. The summed E-state index contributed by atoms with van der Waals surface area (Å²) in [6, 6.07) is 10.9. The van der Waals surface area contributed by atoms with Gasteiger partial charge in [-0.05, 0) is 24.5 Å². The summed E-state index contributed by atoms with van der Waals surface area (Å²) in [5.41, 5.74) is 0.923. The minimum atomic E-state index is -0.593. The number of esters is 1. The van der Waals surface area contributed by atoms with Crippen LogP contribution in [0.4, 0.5) is 0 Å². The lowest BCUT2D eigenvalue weighted by Gasteiger charge is -2.08. The van der Waals surface area contributed by atoms with Crippen LogP contribution in [0.25, 0.3) is 10.9 Å². The van der Waals surface area contributed by atoms with Gasteiger partial charge < -0.3 is 10.1 Å². The Balaban J connectivity index is 1.87. The zero-order valence-corrected chi connectivity index (χ0v) is 12.8. The molecule has 1 aromatic heterocycles. The van der Waals surface area contributed by atoms with Crippen molar-refractivity contribution >= 4 is 22.8 Å². The monoisotopic (exact) mass is 300 g/mol. The third kappa shape index (κ3) is 4.55. The van der Waals surface area contributed by atoms with Crippen molar-refractivity contribution in [3.8, 4) is 0 Å². The number of ether oxygens (including phenoxy) is 1. The highest BCUT2D eigenvalue weighted by Crippen LogP contribution is 2.12. The highest BCUT2D eigenvalue weighted by atomic mass is 16.5. The molecule has 5 nitrogen and oxygen atoms in total. The van der Waals surface area contributed by atoms with E-state index in [4.69, 9.17) is 4.74 Å². The highest BCUT2D eigenvalue weighted by molar-refractivity contribution is 5.92. The molecule has 0 aliphatic carbocycles. The molecule has 1 N–H and O–H groups in total. The molecule has 1 aromatic carbocycles. The number of carbonyl (C=O) groups is 2. The molecule has 5 heteroatoms. The van der Waals surface area contributed by atoms with Crippen molar-refractivity contribution in [2.45, 2.75) is 20.3 Å². The number of amides is 1. The Morgan fingerprint density at radius 2 is 1.95 bits per heavy atom. The lowest BCUT2D eigenvalue weighted by molar-refractivity contribution is -0.124.